The second-order valence-electron chi connectivity index (χ2n) is 3.88. The zero-order valence-electron chi connectivity index (χ0n) is 8.48. The normalized spacial score (nSPS) is 28.6. The van der Waals surface area contributed by atoms with Crippen molar-refractivity contribution < 1.29 is 23.5 Å². The monoisotopic (exact) mass is 241 g/mol. The number of nitrogens with two attached hydrogens (primary N) is 1. The summed E-state index contributed by atoms with van der Waals surface area (Å²) in [5.74, 6) is -2.53. The minimum Gasteiger partial charge on any atom is -0.409 e. The van der Waals surface area contributed by atoms with Gasteiger partial charge in [0, 0.05) is 25.6 Å². The maximum atomic E-state index is 12.5. The number of halogens is 3. The highest BCUT2D eigenvalue weighted by molar-refractivity contribution is 5.81. The molecular weight excluding hydrogens is 227 g/mol. The number of hydrogen-bond acceptors (Lipinski definition) is 4. The van der Waals surface area contributed by atoms with E-state index >= 15 is 0 Å². The van der Waals surface area contributed by atoms with E-state index in [4.69, 9.17) is 16.0 Å². The molecule has 0 saturated carbocycles. The number of hydrogen-bond donors (Lipinski definition) is 3. The number of aliphatic hydroxyl groups is 1. The maximum absolute atomic E-state index is 12.5. The van der Waals surface area contributed by atoms with Crippen LogP contribution in [0.25, 0.3) is 0 Å². The Hall–Kier alpha value is -1.02. The molecule has 8 heteroatoms. The van der Waals surface area contributed by atoms with Gasteiger partial charge in [0.15, 0.2) is 5.84 Å². The van der Waals surface area contributed by atoms with E-state index < -0.39 is 24.6 Å². The van der Waals surface area contributed by atoms with E-state index in [0.29, 0.717) is 0 Å². The van der Waals surface area contributed by atoms with Crippen molar-refractivity contribution in [2.45, 2.75) is 6.18 Å². The molecule has 0 aliphatic carbocycles. The zero-order valence-corrected chi connectivity index (χ0v) is 8.48. The fourth-order valence-corrected chi connectivity index (χ4v) is 1.91. The topological polar surface area (TPSA) is 82.1 Å². The summed E-state index contributed by atoms with van der Waals surface area (Å²) < 4.78 is 37.6. The number of aliphatic hydroxyl groups excluding tert-OH is 1. The first-order chi connectivity index (χ1) is 7.38. The van der Waals surface area contributed by atoms with Crippen molar-refractivity contribution in [1.82, 2.24) is 4.90 Å². The van der Waals surface area contributed by atoms with Crippen molar-refractivity contribution in [2.75, 3.05) is 26.2 Å². The van der Waals surface area contributed by atoms with Gasteiger partial charge in [-0.3, -0.25) is 4.90 Å². The van der Waals surface area contributed by atoms with Crippen LogP contribution < -0.4 is 5.73 Å². The Morgan fingerprint density at radius 2 is 2.06 bits per heavy atom. The van der Waals surface area contributed by atoms with E-state index in [2.05, 4.69) is 5.16 Å². The van der Waals surface area contributed by atoms with Gasteiger partial charge < -0.3 is 16.0 Å². The number of oxime groups is 1. The molecule has 0 amide bonds. The van der Waals surface area contributed by atoms with Crippen molar-refractivity contribution >= 4 is 5.84 Å². The molecule has 0 aromatic heterocycles. The van der Waals surface area contributed by atoms with Crippen LogP contribution in [0.3, 0.4) is 0 Å². The summed E-state index contributed by atoms with van der Waals surface area (Å²) in [7, 11) is 0. The SMILES string of the molecule is NC(CN1C[C@H](CO)[C@@H](C(F)(F)F)C1)=NO. The molecule has 0 aromatic rings. The Kier molecular flexibility index (Phi) is 3.98. The van der Waals surface area contributed by atoms with E-state index in [0.717, 1.165) is 0 Å². The summed E-state index contributed by atoms with van der Waals surface area (Å²) in [5.41, 5.74) is 5.21. The minimum atomic E-state index is -4.33. The van der Waals surface area contributed by atoms with Crippen LogP contribution in [-0.2, 0) is 0 Å². The molecule has 0 radical (unpaired) electrons. The molecule has 5 nitrogen and oxygen atoms in total. The zero-order chi connectivity index (χ0) is 12.3. The molecule has 94 valence electrons. The van der Waals surface area contributed by atoms with E-state index in [1.807, 2.05) is 0 Å². The van der Waals surface area contributed by atoms with Gasteiger partial charge in [-0.1, -0.05) is 5.16 Å². The number of alkyl halides is 3. The molecule has 0 aromatic carbocycles. The first kappa shape index (κ1) is 13.0. The van der Waals surface area contributed by atoms with E-state index in [9.17, 15) is 13.2 Å². The van der Waals surface area contributed by atoms with E-state index in [1.54, 1.807) is 0 Å². The lowest BCUT2D eigenvalue weighted by atomic mass is 9.97. The summed E-state index contributed by atoms with van der Waals surface area (Å²) in [6.45, 7) is -0.682. The van der Waals surface area contributed by atoms with Gasteiger partial charge in [0.25, 0.3) is 0 Å². The van der Waals surface area contributed by atoms with Gasteiger partial charge in [-0.2, -0.15) is 13.2 Å². The van der Waals surface area contributed by atoms with Gasteiger partial charge in [0.2, 0.25) is 0 Å². The van der Waals surface area contributed by atoms with Crippen LogP contribution in [0, 0.1) is 11.8 Å². The van der Waals surface area contributed by atoms with Crippen LogP contribution in [0.4, 0.5) is 13.2 Å². The summed E-state index contributed by atoms with van der Waals surface area (Å²) in [5, 5.41) is 19.9. The molecule has 1 fully saturated rings. The van der Waals surface area contributed by atoms with E-state index in [1.165, 1.54) is 4.90 Å². The van der Waals surface area contributed by atoms with Crippen LogP contribution >= 0.6 is 0 Å². The lowest BCUT2D eigenvalue weighted by molar-refractivity contribution is -0.182. The molecule has 1 aliphatic heterocycles. The van der Waals surface area contributed by atoms with Crippen molar-refractivity contribution in [2.24, 2.45) is 22.7 Å². The summed E-state index contributed by atoms with van der Waals surface area (Å²) in [6, 6.07) is 0. The summed E-state index contributed by atoms with van der Waals surface area (Å²) >= 11 is 0. The molecule has 0 bridgehead atoms. The van der Waals surface area contributed by atoms with Crippen LogP contribution in [0.15, 0.2) is 5.16 Å². The third kappa shape index (κ3) is 2.99. The molecule has 16 heavy (non-hydrogen) atoms. The Morgan fingerprint density at radius 3 is 2.44 bits per heavy atom. The predicted molar refractivity (Wildman–Crippen MR) is 50.0 cm³/mol. The number of nitrogens with zero attached hydrogens (tertiary/aromatic N) is 2. The first-order valence-electron chi connectivity index (χ1n) is 4.74. The first-order valence-corrected chi connectivity index (χ1v) is 4.74. The third-order valence-electron chi connectivity index (χ3n) is 2.69. The lowest BCUT2D eigenvalue weighted by Crippen LogP contribution is -2.34. The van der Waals surface area contributed by atoms with Crippen LogP contribution in [0.2, 0.25) is 0 Å². The number of likely N-dealkylation sites (tertiary alicyclic amines) is 1. The van der Waals surface area contributed by atoms with Gasteiger partial charge >= 0.3 is 6.18 Å². The molecular formula is C8H14F3N3O2. The van der Waals surface area contributed by atoms with Crippen molar-refractivity contribution in [3.63, 3.8) is 0 Å². The summed E-state index contributed by atoms with van der Waals surface area (Å²) in [4.78, 5) is 1.41. The number of amidine groups is 1. The molecule has 1 heterocycles. The van der Waals surface area contributed by atoms with Gasteiger partial charge in [0.05, 0.1) is 12.5 Å². The van der Waals surface area contributed by atoms with Crippen LogP contribution in [0.5, 0.6) is 0 Å². The average Bonchev–Trinajstić information content (AvgIpc) is 2.60. The van der Waals surface area contributed by atoms with E-state index in [-0.39, 0.29) is 25.5 Å². The number of rotatable bonds is 3. The third-order valence-corrected chi connectivity index (χ3v) is 2.69. The minimum absolute atomic E-state index is 0.0282. The Morgan fingerprint density at radius 1 is 1.44 bits per heavy atom. The molecule has 1 saturated heterocycles. The van der Waals surface area contributed by atoms with Crippen molar-refractivity contribution in [1.29, 1.82) is 0 Å². The van der Waals surface area contributed by atoms with Gasteiger partial charge in [-0.25, -0.2) is 0 Å². The van der Waals surface area contributed by atoms with Crippen molar-refractivity contribution in [3.8, 4) is 0 Å². The fraction of sp³-hybridized carbons (Fsp3) is 0.875. The molecule has 0 unspecified atom stereocenters. The van der Waals surface area contributed by atoms with Gasteiger partial charge in [-0.15, -0.1) is 0 Å². The lowest BCUT2D eigenvalue weighted by Gasteiger charge is -2.19. The highest BCUT2D eigenvalue weighted by atomic mass is 19.4. The van der Waals surface area contributed by atoms with Gasteiger partial charge in [0.1, 0.15) is 0 Å². The Balaban J connectivity index is 2.63. The van der Waals surface area contributed by atoms with Crippen molar-refractivity contribution in [3.05, 3.63) is 0 Å². The largest absolute Gasteiger partial charge is 0.409 e. The average molecular weight is 241 g/mol. The predicted octanol–water partition coefficient (Wildman–Crippen LogP) is -0.165. The Bertz CT molecular complexity index is 270. The highest BCUT2D eigenvalue weighted by Crippen LogP contribution is 2.37. The molecule has 4 N–H and O–H groups in total. The van der Waals surface area contributed by atoms with Crippen LogP contribution in [-0.4, -0.2) is 53.5 Å². The highest BCUT2D eigenvalue weighted by Gasteiger charge is 2.49. The van der Waals surface area contributed by atoms with Gasteiger partial charge in [-0.05, 0) is 0 Å². The molecule has 0 spiro atoms. The second-order valence-corrected chi connectivity index (χ2v) is 3.88. The molecule has 1 aliphatic rings. The fourth-order valence-electron chi connectivity index (χ4n) is 1.91. The smallest absolute Gasteiger partial charge is 0.393 e. The summed E-state index contributed by atoms with van der Waals surface area (Å²) in [6.07, 6.45) is -4.33. The Labute approximate surface area is 90.3 Å². The molecule has 2 atom stereocenters. The molecule has 1 rings (SSSR count). The van der Waals surface area contributed by atoms with Crippen LogP contribution in [0.1, 0.15) is 0 Å². The maximum Gasteiger partial charge on any atom is 0.393 e. The quantitative estimate of drug-likeness (QED) is 0.277. The standard InChI is InChI=1S/C8H14F3N3O2/c9-8(10,11)6-2-14(1-5(6)4-15)3-7(12)13-16/h5-6,15-16H,1-4H2,(H2,12,13)/t5-,6+/m1/s1. The second kappa shape index (κ2) is 4.88.